The van der Waals surface area contributed by atoms with Gasteiger partial charge in [-0.2, -0.15) is 0 Å². The lowest BCUT2D eigenvalue weighted by atomic mass is 9.89. The molecular weight excluding hydrogens is 491 g/mol. The van der Waals surface area contributed by atoms with Gasteiger partial charge in [0, 0.05) is 35.7 Å². The van der Waals surface area contributed by atoms with Crippen molar-refractivity contribution < 1.29 is 22.7 Å². The predicted molar refractivity (Wildman–Crippen MR) is 143 cm³/mol. The van der Waals surface area contributed by atoms with Gasteiger partial charge in [0.1, 0.15) is 5.75 Å². The summed E-state index contributed by atoms with van der Waals surface area (Å²) in [6, 6.07) is 12.3. The van der Waals surface area contributed by atoms with Crippen LogP contribution < -0.4 is 15.8 Å². The van der Waals surface area contributed by atoms with Gasteiger partial charge >= 0.3 is 6.36 Å². The fourth-order valence-corrected chi connectivity index (χ4v) is 6.08. The molecule has 3 aromatic rings. The molecule has 0 unspecified atom stereocenters. The minimum Gasteiger partial charge on any atom is -0.406 e. The largest absolute Gasteiger partial charge is 0.573 e. The molecule has 2 aromatic carbocycles. The van der Waals surface area contributed by atoms with Gasteiger partial charge in [-0.1, -0.05) is 37.5 Å². The van der Waals surface area contributed by atoms with Crippen LogP contribution in [0.1, 0.15) is 63.4 Å². The number of nitrogens with two attached hydrogens (primary N) is 1. The maximum atomic E-state index is 13.1. The van der Waals surface area contributed by atoms with E-state index in [0.717, 1.165) is 54.3 Å². The number of nitrogens with one attached hydrogen (secondary N) is 1. The summed E-state index contributed by atoms with van der Waals surface area (Å²) in [4.78, 5) is 13.1. The molecule has 1 heterocycles. The molecule has 0 bridgehead atoms. The molecule has 5 nitrogen and oxygen atoms in total. The highest BCUT2D eigenvalue weighted by Gasteiger charge is 2.31. The Labute approximate surface area is 221 Å². The average molecular weight is 528 g/mol. The molecule has 3 N–H and O–H groups in total. The van der Waals surface area contributed by atoms with E-state index < -0.39 is 6.36 Å². The number of fused-ring (bicyclic) bond motifs is 1. The molecule has 1 aromatic heterocycles. The molecule has 204 valence electrons. The summed E-state index contributed by atoms with van der Waals surface area (Å²) >= 11 is 0. The van der Waals surface area contributed by atoms with Gasteiger partial charge in [-0.25, -0.2) is 0 Å². The summed E-state index contributed by atoms with van der Waals surface area (Å²) in [7, 11) is 0. The van der Waals surface area contributed by atoms with Crippen molar-refractivity contribution in [3.05, 3.63) is 54.2 Å². The van der Waals surface area contributed by atoms with Gasteiger partial charge in [0.05, 0.1) is 6.42 Å². The number of benzene rings is 2. The quantitative estimate of drug-likeness (QED) is 0.359. The molecule has 0 saturated heterocycles. The number of alkyl halides is 3. The molecule has 0 radical (unpaired) electrons. The Morgan fingerprint density at radius 3 is 2.45 bits per heavy atom. The van der Waals surface area contributed by atoms with E-state index in [1.165, 1.54) is 44.2 Å². The van der Waals surface area contributed by atoms with Crippen molar-refractivity contribution in [1.29, 1.82) is 0 Å². The fourth-order valence-electron chi connectivity index (χ4n) is 6.08. The van der Waals surface area contributed by atoms with Gasteiger partial charge in [0.25, 0.3) is 0 Å². The highest BCUT2D eigenvalue weighted by Crippen LogP contribution is 2.33. The first-order valence-electron chi connectivity index (χ1n) is 13.8. The number of carbonyl (C=O) groups is 1. The Hall–Kier alpha value is -3.00. The van der Waals surface area contributed by atoms with Crippen LogP contribution in [-0.2, 0) is 17.8 Å². The number of halogens is 3. The second-order valence-electron chi connectivity index (χ2n) is 11.0. The van der Waals surface area contributed by atoms with E-state index in [-0.39, 0.29) is 30.2 Å². The number of hydrogen-bond donors (Lipinski definition) is 2. The van der Waals surface area contributed by atoms with Crippen molar-refractivity contribution in [1.82, 2.24) is 9.88 Å². The molecule has 2 fully saturated rings. The van der Waals surface area contributed by atoms with Crippen molar-refractivity contribution in [3.8, 4) is 16.9 Å². The van der Waals surface area contributed by atoms with Crippen molar-refractivity contribution in [3.63, 3.8) is 0 Å². The number of rotatable bonds is 7. The molecule has 1 amide bonds. The smallest absolute Gasteiger partial charge is 0.406 e. The van der Waals surface area contributed by atoms with Crippen LogP contribution in [0, 0.1) is 5.92 Å². The van der Waals surface area contributed by atoms with Gasteiger partial charge < -0.3 is 20.4 Å². The first-order chi connectivity index (χ1) is 18.2. The minimum atomic E-state index is -4.75. The monoisotopic (exact) mass is 527 g/mol. The summed E-state index contributed by atoms with van der Waals surface area (Å²) < 4.78 is 44.7. The Kier molecular flexibility index (Phi) is 7.98. The Balaban J connectivity index is 1.43. The third-order valence-electron chi connectivity index (χ3n) is 8.03. The zero-order valence-corrected chi connectivity index (χ0v) is 21.6. The molecule has 2 saturated carbocycles. The van der Waals surface area contributed by atoms with Crippen molar-refractivity contribution >= 4 is 16.8 Å². The molecule has 0 atom stereocenters. The van der Waals surface area contributed by atoms with E-state index >= 15 is 0 Å². The van der Waals surface area contributed by atoms with Crippen LogP contribution in [0.15, 0.2) is 48.7 Å². The highest BCUT2D eigenvalue weighted by molar-refractivity contribution is 5.92. The Bertz CT molecular complexity index is 1260. The SMILES string of the molecule is N[C@H]1CC[C@H](NC(=O)Cc2cn(CC3CCCCC3)c3ccc(-c4cccc(OC(F)(F)F)c4)cc23)CC1. The van der Waals surface area contributed by atoms with Gasteiger partial charge in [0.2, 0.25) is 5.91 Å². The lowest BCUT2D eigenvalue weighted by molar-refractivity contribution is -0.274. The number of aromatic nitrogens is 1. The number of amides is 1. The summed E-state index contributed by atoms with van der Waals surface area (Å²) in [6.45, 7) is 0.910. The van der Waals surface area contributed by atoms with Crippen LogP contribution in [0.5, 0.6) is 5.75 Å². The maximum Gasteiger partial charge on any atom is 0.573 e. The fraction of sp³-hybridized carbons (Fsp3) is 0.500. The van der Waals surface area contributed by atoms with Crippen LogP contribution in [0.2, 0.25) is 0 Å². The number of nitrogens with zero attached hydrogens (tertiary/aromatic N) is 1. The second-order valence-corrected chi connectivity index (χ2v) is 11.0. The Morgan fingerprint density at radius 1 is 0.974 bits per heavy atom. The van der Waals surface area contributed by atoms with Crippen LogP contribution in [0.25, 0.3) is 22.0 Å². The predicted octanol–water partition coefficient (Wildman–Crippen LogP) is 6.72. The average Bonchev–Trinajstić information content (AvgIpc) is 3.21. The summed E-state index contributed by atoms with van der Waals surface area (Å²) in [5.74, 6) is 0.355. The van der Waals surface area contributed by atoms with Crippen molar-refractivity contribution in [2.45, 2.75) is 89.2 Å². The highest BCUT2D eigenvalue weighted by atomic mass is 19.4. The van der Waals surface area contributed by atoms with Gasteiger partial charge in [-0.15, -0.1) is 13.2 Å². The molecular formula is C30H36F3N3O2. The van der Waals surface area contributed by atoms with Gasteiger partial charge in [0.15, 0.2) is 0 Å². The normalized spacial score (nSPS) is 20.9. The first kappa shape index (κ1) is 26.6. The zero-order valence-electron chi connectivity index (χ0n) is 21.6. The van der Waals surface area contributed by atoms with E-state index in [0.29, 0.717) is 11.5 Å². The molecule has 38 heavy (non-hydrogen) atoms. The molecule has 2 aliphatic rings. The lowest BCUT2D eigenvalue weighted by Gasteiger charge is -2.26. The summed E-state index contributed by atoms with van der Waals surface area (Å²) in [5, 5.41) is 4.15. The topological polar surface area (TPSA) is 69.3 Å². The maximum absolute atomic E-state index is 13.1. The van der Waals surface area contributed by atoms with E-state index in [1.54, 1.807) is 12.1 Å². The molecule has 5 rings (SSSR count). The van der Waals surface area contributed by atoms with Crippen molar-refractivity contribution in [2.75, 3.05) is 0 Å². The van der Waals surface area contributed by atoms with Gasteiger partial charge in [-0.05, 0) is 85.4 Å². The van der Waals surface area contributed by atoms with E-state index in [2.05, 4.69) is 20.8 Å². The standard InChI is InChI=1S/C30H36F3N3O2/c31-30(32,33)38-26-8-4-7-21(15-26)22-9-14-28-27(16-22)23(19-36(28)18-20-5-2-1-3-6-20)17-29(37)35-25-12-10-24(34)11-13-25/h4,7-9,14-16,19-20,24-25H,1-3,5-6,10-13,17-18,34H2,(H,35,37)/t24-,25-. The summed E-state index contributed by atoms with van der Waals surface area (Å²) in [5.41, 5.74) is 9.41. The van der Waals surface area contributed by atoms with E-state index in [1.807, 2.05) is 18.2 Å². The second kappa shape index (κ2) is 11.4. The number of carbonyl (C=O) groups excluding carboxylic acids is 1. The number of ether oxygens (including phenoxy) is 1. The van der Waals surface area contributed by atoms with E-state index in [9.17, 15) is 18.0 Å². The van der Waals surface area contributed by atoms with E-state index in [4.69, 9.17) is 5.73 Å². The third kappa shape index (κ3) is 6.70. The lowest BCUT2D eigenvalue weighted by Crippen LogP contribution is -2.41. The molecule has 0 spiro atoms. The number of hydrogen-bond acceptors (Lipinski definition) is 3. The molecule has 2 aliphatic carbocycles. The first-order valence-corrected chi connectivity index (χ1v) is 13.8. The zero-order chi connectivity index (χ0) is 26.7. The van der Waals surface area contributed by atoms with Gasteiger partial charge in [-0.3, -0.25) is 4.79 Å². The molecule has 8 heteroatoms. The minimum absolute atomic E-state index is 0.00633. The van der Waals surface area contributed by atoms with Crippen LogP contribution in [-0.4, -0.2) is 28.9 Å². The van der Waals surface area contributed by atoms with Crippen LogP contribution >= 0.6 is 0 Å². The summed E-state index contributed by atoms with van der Waals surface area (Å²) in [6.07, 6.45) is 7.48. The van der Waals surface area contributed by atoms with Crippen molar-refractivity contribution in [2.24, 2.45) is 11.7 Å². The molecule has 0 aliphatic heterocycles. The van der Waals surface area contributed by atoms with Crippen LogP contribution in [0.3, 0.4) is 0 Å². The van der Waals surface area contributed by atoms with Crippen LogP contribution in [0.4, 0.5) is 13.2 Å². The third-order valence-corrected chi connectivity index (χ3v) is 8.03. The Morgan fingerprint density at radius 2 is 1.71 bits per heavy atom.